The summed E-state index contributed by atoms with van der Waals surface area (Å²) in [6.07, 6.45) is 3.56. The molecule has 0 fully saturated rings. The number of nitrogens with one attached hydrogen (secondary N) is 2. The number of benzene rings is 1. The fourth-order valence-corrected chi connectivity index (χ4v) is 1.71. The van der Waals surface area contributed by atoms with Crippen LogP contribution in [-0.4, -0.2) is 11.5 Å². The van der Waals surface area contributed by atoms with Crippen molar-refractivity contribution in [1.82, 2.24) is 4.98 Å². The Kier molecular flexibility index (Phi) is 3.83. The number of hydrogen-bond donors (Lipinski definition) is 2. The minimum Gasteiger partial charge on any atom is -0.384 e. The maximum absolute atomic E-state index is 6.08. The van der Waals surface area contributed by atoms with Crippen LogP contribution in [0, 0.1) is 0 Å². The topological polar surface area (TPSA) is 37.0 Å². The Morgan fingerprint density at radius 1 is 1.18 bits per heavy atom. The maximum atomic E-state index is 6.08. The minimum absolute atomic E-state index is 0.696. The molecule has 0 spiro atoms. The van der Waals surface area contributed by atoms with Crippen LogP contribution in [-0.2, 0) is 0 Å². The summed E-state index contributed by atoms with van der Waals surface area (Å²) in [6, 6.07) is 9.63. The average Bonchev–Trinajstić information content (AvgIpc) is 2.33. The van der Waals surface area contributed by atoms with E-state index in [1.54, 1.807) is 12.4 Å². The first-order chi connectivity index (χ1) is 8.29. The van der Waals surface area contributed by atoms with Crippen molar-refractivity contribution >= 4 is 28.7 Å². The summed E-state index contributed by atoms with van der Waals surface area (Å²) in [7, 11) is 0. The average molecular weight is 248 g/mol. The highest BCUT2D eigenvalue weighted by atomic mass is 35.5. The Morgan fingerprint density at radius 2 is 1.94 bits per heavy atom. The molecular formula is C13H14ClN3. The van der Waals surface area contributed by atoms with Crippen LogP contribution in [0.2, 0.25) is 5.02 Å². The van der Waals surface area contributed by atoms with Gasteiger partial charge in [-0.15, -0.1) is 0 Å². The molecule has 1 heterocycles. The standard InChI is InChI=1S/C13H14ClN3/c1-2-16-10-7-11(9-15-8-10)17-13-6-4-3-5-12(13)14/h3-9,16-17H,2H2,1H3. The third-order valence-corrected chi connectivity index (χ3v) is 2.60. The summed E-state index contributed by atoms with van der Waals surface area (Å²) >= 11 is 6.08. The Labute approximate surface area is 106 Å². The normalized spacial score (nSPS) is 10.0. The Hall–Kier alpha value is -1.74. The van der Waals surface area contributed by atoms with Crippen molar-refractivity contribution in [1.29, 1.82) is 0 Å². The molecule has 2 rings (SSSR count). The van der Waals surface area contributed by atoms with E-state index in [0.29, 0.717) is 5.02 Å². The molecule has 0 aliphatic carbocycles. The second-order valence-corrected chi connectivity index (χ2v) is 4.00. The smallest absolute Gasteiger partial charge is 0.0640 e. The minimum atomic E-state index is 0.696. The van der Waals surface area contributed by atoms with Gasteiger partial charge in [-0.3, -0.25) is 4.98 Å². The van der Waals surface area contributed by atoms with Gasteiger partial charge in [-0.25, -0.2) is 0 Å². The molecule has 0 aliphatic heterocycles. The van der Waals surface area contributed by atoms with E-state index in [2.05, 4.69) is 15.6 Å². The number of nitrogens with zero attached hydrogens (tertiary/aromatic N) is 1. The van der Waals surface area contributed by atoms with Gasteiger partial charge in [0.1, 0.15) is 0 Å². The molecule has 0 saturated carbocycles. The van der Waals surface area contributed by atoms with Gasteiger partial charge in [0, 0.05) is 6.54 Å². The lowest BCUT2D eigenvalue weighted by molar-refractivity contribution is 1.19. The van der Waals surface area contributed by atoms with E-state index < -0.39 is 0 Å². The van der Waals surface area contributed by atoms with Crippen molar-refractivity contribution in [3.63, 3.8) is 0 Å². The number of halogens is 1. The zero-order valence-corrected chi connectivity index (χ0v) is 10.3. The number of para-hydroxylation sites is 1. The number of anilines is 3. The lowest BCUT2D eigenvalue weighted by Crippen LogP contribution is -1.98. The summed E-state index contributed by atoms with van der Waals surface area (Å²) in [6.45, 7) is 2.92. The molecule has 1 aromatic heterocycles. The Balaban J connectivity index is 2.18. The molecule has 2 N–H and O–H groups in total. The first-order valence-corrected chi connectivity index (χ1v) is 5.88. The molecule has 1 aromatic carbocycles. The number of rotatable bonds is 4. The van der Waals surface area contributed by atoms with Gasteiger partial charge in [0.05, 0.1) is 34.5 Å². The Bertz CT molecular complexity index is 500. The van der Waals surface area contributed by atoms with E-state index in [1.807, 2.05) is 37.3 Å². The van der Waals surface area contributed by atoms with Crippen molar-refractivity contribution in [2.24, 2.45) is 0 Å². The third kappa shape index (κ3) is 3.11. The lowest BCUT2D eigenvalue weighted by Gasteiger charge is -2.09. The summed E-state index contributed by atoms with van der Waals surface area (Å²) in [5.74, 6) is 0. The highest BCUT2D eigenvalue weighted by molar-refractivity contribution is 6.33. The molecule has 0 saturated heterocycles. The molecule has 88 valence electrons. The van der Waals surface area contributed by atoms with Crippen LogP contribution in [0.3, 0.4) is 0 Å². The van der Waals surface area contributed by atoms with Crippen LogP contribution in [0.5, 0.6) is 0 Å². The van der Waals surface area contributed by atoms with Crippen molar-refractivity contribution in [3.05, 3.63) is 47.7 Å². The van der Waals surface area contributed by atoms with Gasteiger partial charge in [0.2, 0.25) is 0 Å². The van der Waals surface area contributed by atoms with E-state index >= 15 is 0 Å². The van der Waals surface area contributed by atoms with Gasteiger partial charge in [-0.05, 0) is 25.1 Å². The zero-order chi connectivity index (χ0) is 12.1. The summed E-state index contributed by atoms with van der Waals surface area (Å²) in [5.41, 5.74) is 2.78. The summed E-state index contributed by atoms with van der Waals surface area (Å²) in [4.78, 5) is 4.16. The second-order valence-electron chi connectivity index (χ2n) is 3.60. The third-order valence-electron chi connectivity index (χ3n) is 2.27. The highest BCUT2D eigenvalue weighted by Gasteiger charge is 2.00. The van der Waals surface area contributed by atoms with Gasteiger partial charge in [0.25, 0.3) is 0 Å². The van der Waals surface area contributed by atoms with Gasteiger partial charge < -0.3 is 10.6 Å². The fourth-order valence-electron chi connectivity index (χ4n) is 1.53. The molecule has 0 bridgehead atoms. The molecule has 0 radical (unpaired) electrons. The predicted octanol–water partition coefficient (Wildman–Crippen LogP) is 3.91. The van der Waals surface area contributed by atoms with E-state index in [-0.39, 0.29) is 0 Å². The molecule has 0 unspecified atom stereocenters. The van der Waals surface area contributed by atoms with Crippen LogP contribution >= 0.6 is 11.6 Å². The van der Waals surface area contributed by atoms with E-state index in [4.69, 9.17) is 11.6 Å². The molecule has 3 nitrogen and oxygen atoms in total. The Morgan fingerprint density at radius 3 is 2.71 bits per heavy atom. The molecule has 0 amide bonds. The van der Waals surface area contributed by atoms with Crippen LogP contribution in [0.4, 0.5) is 17.1 Å². The summed E-state index contributed by atoms with van der Waals surface area (Å²) < 4.78 is 0. The number of pyridine rings is 1. The maximum Gasteiger partial charge on any atom is 0.0640 e. The first-order valence-electron chi connectivity index (χ1n) is 5.50. The number of aromatic nitrogens is 1. The van der Waals surface area contributed by atoms with Gasteiger partial charge >= 0.3 is 0 Å². The van der Waals surface area contributed by atoms with Crippen molar-refractivity contribution in [3.8, 4) is 0 Å². The quantitative estimate of drug-likeness (QED) is 0.860. The van der Waals surface area contributed by atoms with Gasteiger partial charge in [-0.2, -0.15) is 0 Å². The fraction of sp³-hybridized carbons (Fsp3) is 0.154. The van der Waals surface area contributed by atoms with Crippen LogP contribution < -0.4 is 10.6 Å². The molecular weight excluding hydrogens is 234 g/mol. The van der Waals surface area contributed by atoms with Crippen LogP contribution in [0.15, 0.2) is 42.7 Å². The zero-order valence-electron chi connectivity index (χ0n) is 9.57. The highest BCUT2D eigenvalue weighted by Crippen LogP contribution is 2.25. The lowest BCUT2D eigenvalue weighted by atomic mass is 10.3. The van der Waals surface area contributed by atoms with Crippen LogP contribution in [0.1, 0.15) is 6.92 Å². The van der Waals surface area contributed by atoms with Gasteiger partial charge in [0.15, 0.2) is 0 Å². The van der Waals surface area contributed by atoms with Crippen molar-refractivity contribution in [2.45, 2.75) is 6.92 Å². The molecule has 2 aromatic rings. The molecule has 17 heavy (non-hydrogen) atoms. The van der Waals surface area contributed by atoms with Gasteiger partial charge in [-0.1, -0.05) is 23.7 Å². The van der Waals surface area contributed by atoms with E-state index in [1.165, 1.54) is 0 Å². The molecule has 0 aliphatic rings. The van der Waals surface area contributed by atoms with Crippen LogP contribution in [0.25, 0.3) is 0 Å². The predicted molar refractivity (Wildman–Crippen MR) is 73.1 cm³/mol. The van der Waals surface area contributed by atoms with Crippen molar-refractivity contribution < 1.29 is 0 Å². The summed E-state index contributed by atoms with van der Waals surface area (Å²) in [5, 5.41) is 7.15. The number of hydrogen-bond acceptors (Lipinski definition) is 3. The largest absolute Gasteiger partial charge is 0.384 e. The van der Waals surface area contributed by atoms with E-state index in [0.717, 1.165) is 23.6 Å². The molecule has 4 heteroatoms. The SMILES string of the molecule is CCNc1cncc(Nc2ccccc2Cl)c1. The van der Waals surface area contributed by atoms with Crippen molar-refractivity contribution in [2.75, 3.05) is 17.2 Å². The monoisotopic (exact) mass is 247 g/mol. The first kappa shape index (κ1) is 11.7. The molecule has 0 atom stereocenters. The van der Waals surface area contributed by atoms with E-state index in [9.17, 15) is 0 Å². The second kappa shape index (κ2) is 5.55.